The zero-order valence-corrected chi connectivity index (χ0v) is 10.5. The molecule has 1 radical (unpaired) electrons. The number of carbonyl (C=O) groups is 2. The molecule has 1 aromatic carbocycles. The van der Waals surface area contributed by atoms with Gasteiger partial charge >= 0.3 is 0 Å². The van der Waals surface area contributed by atoms with Crippen LogP contribution in [0.15, 0.2) is 30.3 Å². The Morgan fingerprint density at radius 2 is 1.83 bits per heavy atom. The highest BCUT2D eigenvalue weighted by Crippen LogP contribution is 2.00. The van der Waals surface area contributed by atoms with Crippen molar-refractivity contribution in [2.45, 2.75) is 12.2 Å². The first kappa shape index (κ1) is 14.3. The Bertz CT molecular complexity index is 539. The van der Waals surface area contributed by atoms with Crippen LogP contribution >= 0.6 is 0 Å². The van der Waals surface area contributed by atoms with Crippen molar-refractivity contribution in [3.63, 3.8) is 0 Å². The third-order valence-corrected chi connectivity index (χ3v) is 3.57. The maximum absolute atomic E-state index is 11.6. The van der Waals surface area contributed by atoms with E-state index in [0.29, 0.717) is 5.56 Å². The Morgan fingerprint density at radius 3 is 2.33 bits per heavy atom. The lowest BCUT2D eigenvalue weighted by Crippen LogP contribution is -2.37. The molecule has 1 aromatic rings. The second-order valence-corrected chi connectivity index (χ2v) is 5.50. The van der Waals surface area contributed by atoms with Gasteiger partial charge in [-0.1, -0.05) is 18.2 Å². The molecule has 0 bridgehead atoms. The molecule has 0 spiro atoms. The van der Waals surface area contributed by atoms with Crippen molar-refractivity contribution >= 4 is 21.7 Å². The Hall–Kier alpha value is -1.73. The van der Waals surface area contributed by atoms with Crippen molar-refractivity contribution in [3.05, 3.63) is 35.9 Å². The summed E-state index contributed by atoms with van der Waals surface area (Å²) >= 11 is 0. The monoisotopic (exact) mass is 269 g/mol. The molecule has 2 N–H and O–H groups in total. The Labute approximate surface area is 105 Å². The minimum absolute atomic E-state index is 0.381. The van der Waals surface area contributed by atoms with Crippen LogP contribution in [-0.2, 0) is 14.8 Å². The smallest absolute Gasteiger partial charge is 0.251 e. The summed E-state index contributed by atoms with van der Waals surface area (Å²) in [4.78, 5) is 23.0. The van der Waals surface area contributed by atoms with Crippen LogP contribution in [0.2, 0.25) is 0 Å². The summed E-state index contributed by atoms with van der Waals surface area (Å²) in [7, 11) is -4.17. The molecular formula is C11H13N2O4S. The molecule has 1 unspecified atom stereocenters. The van der Waals surface area contributed by atoms with E-state index in [2.05, 4.69) is 5.32 Å². The van der Waals surface area contributed by atoms with Gasteiger partial charge in [-0.2, -0.15) is 0 Å². The summed E-state index contributed by atoms with van der Waals surface area (Å²) in [6.07, 6.45) is 0. The molecule has 0 saturated carbocycles. The van der Waals surface area contributed by atoms with E-state index in [-0.39, 0.29) is 0 Å². The molecule has 1 amide bonds. The summed E-state index contributed by atoms with van der Waals surface area (Å²) in [5.41, 5.74) is 0.381. The number of nitrogens with one attached hydrogen (secondary N) is 2. The Kier molecular flexibility index (Phi) is 4.57. The molecule has 18 heavy (non-hydrogen) atoms. The molecule has 0 aliphatic heterocycles. The molecule has 0 aromatic heterocycles. The molecule has 0 aliphatic rings. The van der Waals surface area contributed by atoms with Gasteiger partial charge in [-0.25, -0.2) is 8.42 Å². The largest absolute Gasteiger partial charge is 0.345 e. The van der Waals surface area contributed by atoms with Gasteiger partial charge < -0.3 is 5.32 Å². The Balaban J connectivity index is 2.57. The summed E-state index contributed by atoms with van der Waals surface area (Å²) in [6, 6.07) is 8.24. The fraction of sp³-hybridized carbons (Fsp3) is 0.273. The van der Waals surface area contributed by atoms with E-state index in [1.54, 1.807) is 30.3 Å². The quantitative estimate of drug-likeness (QED) is 0.811. The van der Waals surface area contributed by atoms with Crippen LogP contribution in [0.3, 0.4) is 0 Å². The fourth-order valence-corrected chi connectivity index (χ4v) is 1.61. The van der Waals surface area contributed by atoms with Gasteiger partial charge in [0.2, 0.25) is 10.0 Å². The number of rotatable bonds is 5. The lowest BCUT2D eigenvalue weighted by Gasteiger charge is -2.08. The summed E-state index contributed by atoms with van der Waals surface area (Å²) in [6.45, 7) is 0.715. The molecule has 0 saturated heterocycles. The maximum atomic E-state index is 11.6. The van der Waals surface area contributed by atoms with E-state index in [4.69, 9.17) is 5.14 Å². The second kappa shape index (κ2) is 5.74. The first-order valence-electron chi connectivity index (χ1n) is 5.17. The molecule has 97 valence electrons. The number of ketones is 1. The number of hydrogen-bond donors (Lipinski definition) is 1. The lowest BCUT2D eigenvalue weighted by molar-refractivity contribution is -0.117. The number of carbonyl (C=O) groups excluding carboxylic acids is 2. The van der Waals surface area contributed by atoms with Crippen LogP contribution in [-0.4, -0.2) is 31.9 Å². The van der Waals surface area contributed by atoms with Crippen LogP contribution in [0.1, 0.15) is 17.3 Å². The van der Waals surface area contributed by atoms with E-state index < -0.39 is 33.5 Å². The predicted octanol–water partition coefficient (Wildman–Crippen LogP) is -0.0133. The molecule has 0 fully saturated rings. The molecular weight excluding hydrogens is 256 g/mol. The molecule has 0 heterocycles. The van der Waals surface area contributed by atoms with Crippen LogP contribution < -0.4 is 10.5 Å². The van der Waals surface area contributed by atoms with Gasteiger partial charge in [-0.15, -0.1) is 5.14 Å². The van der Waals surface area contributed by atoms with Gasteiger partial charge in [0.15, 0.2) is 5.78 Å². The van der Waals surface area contributed by atoms with Crippen LogP contribution in [0.5, 0.6) is 0 Å². The third kappa shape index (κ3) is 3.94. The minimum atomic E-state index is -4.17. The SMILES string of the molecule is CC(C(=O)CNC(=O)c1ccccc1)S([NH])(=O)=O. The zero-order chi connectivity index (χ0) is 13.8. The van der Waals surface area contributed by atoms with Crippen molar-refractivity contribution < 1.29 is 18.0 Å². The van der Waals surface area contributed by atoms with E-state index in [0.717, 1.165) is 6.92 Å². The molecule has 0 aliphatic carbocycles. The van der Waals surface area contributed by atoms with Gasteiger partial charge in [-0.3, -0.25) is 9.59 Å². The van der Waals surface area contributed by atoms with Crippen molar-refractivity contribution in [1.29, 1.82) is 0 Å². The van der Waals surface area contributed by atoms with Crippen molar-refractivity contribution in [1.82, 2.24) is 10.5 Å². The maximum Gasteiger partial charge on any atom is 0.251 e. The number of Topliss-reactive ketones (excluding diaryl/α,β-unsaturated/α-hetero) is 1. The molecule has 7 heteroatoms. The van der Waals surface area contributed by atoms with E-state index in [9.17, 15) is 18.0 Å². The average molecular weight is 269 g/mol. The highest BCUT2D eigenvalue weighted by atomic mass is 32.2. The second-order valence-electron chi connectivity index (χ2n) is 3.70. The zero-order valence-electron chi connectivity index (χ0n) is 9.71. The first-order valence-corrected chi connectivity index (χ1v) is 6.71. The van der Waals surface area contributed by atoms with E-state index in [1.165, 1.54) is 0 Å². The number of amides is 1. The third-order valence-electron chi connectivity index (χ3n) is 2.38. The number of hydrogen-bond acceptors (Lipinski definition) is 4. The van der Waals surface area contributed by atoms with Gasteiger partial charge in [0.05, 0.1) is 6.54 Å². The molecule has 1 rings (SSSR count). The number of benzene rings is 1. The minimum Gasteiger partial charge on any atom is -0.345 e. The topological polar surface area (TPSA) is 104 Å². The molecule has 6 nitrogen and oxygen atoms in total. The summed E-state index contributed by atoms with van der Waals surface area (Å²) in [5.74, 6) is -1.17. The van der Waals surface area contributed by atoms with Gasteiger partial charge in [0.25, 0.3) is 5.91 Å². The highest BCUT2D eigenvalue weighted by Gasteiger charge is 2.24. The van der Waals surface area contributed by atoms with E-state index in [1.807, 2.05) is 0 Å². The lowest BCUT2D eigenvalue weighted by atomic mass is 10.2. The predicted molar refractivity (Wildman–Crippen MR) is 65.3 cm³/mol. The van der Waals surface area contributed by atoms with Gasteiger partial charge in [0.1, 0.15) is 5.25 Å². The fourth-order valence-electron chi connectivity index (χ4n) is 1.18. The Morgan fingerprint density at radius 1 is 1.28 bits per heavy atom. The van der Waals surface area contributed by atoms with Crippen molar-refractivity contribution in [3.8, 4) is 0 Å². The van der Waals surface area contributed by atoms with Crippen LogP contribution in [0.25, 0.3) is 0 Å². The van der Waals surface area contributed by atoms with Gasteiger partial charge in [0, 0.05) is 5.56 Å². The van der Waals surface area contributed by atoms with Crippen molar-refractivity contribution in [2.75, 3.05) is 6.54 Å². The van der Waals surface area contributed by atoms with Gasteiger partial charge in [-0.05, 0) is 19.1 Å². The summed E-state index contributed by atoms with van der Waals surface area (Å²) in [5, 5.41) is 7.64. The highest BCUT2D eigenvalue weighted by molar-refractivity contribution is 7.90. The average Bonchev–Trinajstić information content (AvgIpc) is 2.34. The number of sulfonamides is 1. The van der Waals surface area contributed by atoms with Crippen molar-refractivity contribution in [2.24, 2.45) is 0 Å². The van der Waals surface area contributed by atoms with E-state index >= 15 is 0 Å². The first-order chi connectivity index (χ1) is 8.32. The molecule has 1 atom stereocenters. The standard InChI is InChI=1S/C11H13N2O4S/c1-8(18(12,16)17)10(14)7-13-11(15)9-5-3-2-4-6-9/h2-6,8,12H,7H2,1H3,(H,13,15). The summed E-state index contributed by atoms with van der Waals surface area (Å²) < 4.78 is 21.6. The van der Waals surface area contributed by atoms with Crippen LogP contribution in [0.4, 0.5) is 0 Å². The normalized spacial score (nSPS) is 12.8. The van der Waals surface area contributed by atoms with Crippen LogP contribution in [0, 0.1) is 0 Å².